The highest BCUT2D eigenvalue weighted by Gasteiger charge is 2.32. The van der Waals surface area contributed by atoms with Crippen LogP contribution in [-0.4, -0.2) is 34.5 Å². The number of nitrogens with one attached hydrogen (secondary N) is 2. The van der Waals surface area contributed by atoms with Gasteiger partial charge in [-0.2, -0.15) is 8.78 Å². The Morgan fingerprint density at radius 2 is 1.97 bits per heavy atom. The van der Waals surface area contributed by atoms with E-state index in [1.165, 1.54) is 12.1 Å². The van der Waals surface area contributed by atoms with Crippen LogP contribution in [0.4, 0.5) is 22.0 Å². The Bertz CT molecular complexity index is 1280. The summed E-state index contributed by atoms with van der Waals surface area (Å²) < 4.78 is 66.9. The summed E-state index contributed by atoms with van der Waals surface area (Å²) in [7, 11) is 0. The Balaban J connectivity index is 1.87. The monoisotopic (exact) mass is 486 g/mol. The average Bonchev–Trinajstić information content (AvgIpc) is 3.21. The molecule has 1 amide bonds. The summed E-state index contributed by atoms with van der Waals surface area (Å²) in [6.07, 6.45) is -6.11. The van der Waals surface area contributed by atoms with Crippen molar-refractivity contribution in [1.82, 2.24) is 20.2 Å². The molecular weight excluding hydrogens is 471 g/mol. The molecule has 1 aromatic heterocycles. The van der Waals surface area contributed by atoms with E-state index in [0.29, 0.717) is 6.07 Å². The van der Waals surface area contributed by atoms with E-state index >= 15 is 0 Å². The summed E-state index contributed by atoms with van der Waals surface area (Å²) in [6, 6.07) is 5.65. The predicted octanol–water partition coefficient (Wildman–Crippen LogP) is 3.90. The highest BCUT2D eigenvalue weighted by Crippen LogP contribution is 2.29. The summed E-state index contributed by atoms with van der Waals surface area (Å²) in [6.45, 7) is 0.0953. The third kappa shape index (κ3) is 4.55. The van der Waals surface area contributed by atoms with Crippen molar-refractivity contribution in [3.05, 3.63) is 69.0 Å². The van der Waals surface area contributed by atoms with Gasteiger partial charge in [0, 0.05) is 18.2 Å². The van der Waals surface area contributed by atoms with Gasteiger partial charge in [-0.3, -0.25) is 14.2 Å². The van der Waals surface area contributed by atoms with Crippen LogP contribution in [0.3, 0.4) is 0 Å². The first kappa shape index (κ1) is 23.1. The lowest BCUT2D eigenvalue weighted by Crippen LogP contribution is -2.39. The van der Waals surface area contributed by atoms with Crippen LogP contribution in [0.15, 0.2) is 41.2 Å². The van der Waals surface area contributed by atoms with Crippen molar-refractivity contribution in [2.24, 2.45) is 0 Å². The molecule has 0 bridgehead atoms. The van der Waals surface area contributed by atoms with Crippen molar-refractivity contribution in [2.75, 3.05) is 6.54 Å². The molecule has 33 heavy (non-hydrogen) atoms. The van der Waals surface area contributed by atoms with E-state index in [2.05, 4.69) is 15.6 Å². The number of amides is 1. The number of carbonyl (C=O) groups excluding carboxylic acids is 1. The molecule has 174 valence electrons. The maximum Gasteiger partial charge on any atom is 0.315 e. The lowest BCUT2D eigenvalue weighted by atomic mass is 10.1. The molecule has 6 nitrogen and oxygen atoms in total. The Kier molecular flexibility index (Phi) is 6.35. The molecule has 0 saturated carbocycles. The molecule has 4 rings (SSSR count). The van der Waals surface area contributed by atoms with Gasteiger partial charge in [-0.1, -0.05) is 17.7 Å². The second-order valence-corrected chi connectivity index (χ2v) is 7.90. The van der Waals surface area contributed by atoms with Gasteiger partial charge in [-0.05, 0) is 36.8 Å². The van der Waals surface area contributed by atoms with Crippen LogP contribution in [0, 0.1) is 5.82 Å². The van der Waals surface area contributed by atoms with E-state index in [9.17, 15) is 31.5 Å². The third-order valence-electron chi connectivity index (χ3n) is 5.27. The van der Waals surface area contributed by atoms with Crippen LogP contribution in [0.25, 0.3) is 16.6 Å². The molecule has 2 heterocycles. The van der Waals surface area contributed by atoms with Crippen LogP contribution in [0.5, 0.6) is 0 Å². The van der Waals surface area contributed by atoms with Gasteiger partial charge >= 0.3 is 6.43 Å². The van der Waals surface area contributed by atoms with Crippen LogP contribution >= 0.6 is 11.6 Å². The number of aromatic nitrogens is 2. The van der Waals surface area contributed by atoms with E-state index in [1.807, 2.05) is 0 Å². The molecule has 0 spiro atoms. The number of rotatable bonds is 5. The number of fused-ring (bicyclic) bond motifs is 1. The molecule has 1 saturated heterocycles. The van der Waals surface area contributed by atoms with Crippen LogP contribution < -0.4 is 16.2 Å². The second kappa shape index (κ2) is 9.06. The van der Waals surface area contributed by atoms with Crippen molar-refractivity contribution in [2.45, 2.75) is 31.4 Å². The van der Waals surface area contributed by atoms with E-state index in [1.54, 1.807) is 6.07 Å². The zero-order chi connectivity index (χ0) is 23.9. The normalized spacial score (nSPS) is 18.4. The lowest BCUT2D eigenvalue weighted by Gasteiger charge is -2.19. The van der Waals surface area contributed by atoms with E-state index in [0.717, 1.165) is 16.7 Å². The molecule has 1 fully saturated rings. The van der Waals surface area contributed by atoms with Crippen molar-refractivity contribution in [3.63, 3.8) is 0 Å². The highest BCUT2D eigenvalue weighted by atomic mass is 35.5. The van der Waals surface area contributed by atoms with Gasteiger partial charge in [-0.25, -0.2) is 18.2 Å². The van der Waals surface area contributed by atoms with Crippen LogP contribution in [0.2, 0.25) is 5.02 Å². The summed E-state index contributed by atoms with van der Waals surface area (Å²) in [4.78, 5) is 29.2. The van der Waals surface area contributed by atoms with E-state index in [4.69, 9.17) is 11.6 Å². The van der Waals surface area contributed by atoms with Gasteiger partial charge in [0.2, 0.25) is 0 Å². The number of hydrogen-bond acceptors (Lipinski definition) is 4. The number of hydrogen-bond donors (Lipinski definition) is 2. The van der Waals surface area contributed by atoms with Gasteiger partial charge in [0.05, 0.1) is 27.7 Å². The molecule has 3 aromatic rings. The summed E-state index contributed by atoms with van der Waals surface area (Å²) in [5.41, 5.74) is -1.33. The van der Waals surface area contributed by atoms with Crippen LogP contribution in [-0.2, 0) is 4.79 Å². The summed E-state index contributed by atoms with van der Waals surface area (Å²) in [5, 5.41) is 5.24. The number of alkyl halides is 4. The molecular formula is C21H16ClF5N4O2. The minimum atomic E-state index is -3.19. The molecule has 0 aliphatic carbocycles. The Labute approximate surface area is 188 Å². The zero-order valence-electron chi connectivity index (χ0n) is 16.7. The molecule has 0 unspecified atom stereocenters. The third-order valence-corrected chi connectivity index (χ3v) is 5.59. The van der Waals surface area contributed by atoms with Gasteiger partial charge in [0.15, 0.2) is 0 Å². The first-order valence-electron chi connectivity index (χ1n) is 9.77. The highest BCUT2D eigenvalue weighted by molar-refractivity contribution is 6.35. The first-order valence-corrected chi connectivity index (χ1v) is 10.2. The predicted molar refractivity (Wildman–Crippen MR) is 111 cm³/mol. The number of halogens is 6. The topological polar surface area (TPSA) is 76.0 Å². The zero-order valence-corrected chi connectivity index (χ0v) is 17.4. The lowest BCUT2D eigenvalue weighted by molar-refractivity contribution is -0.132. The molecule has 2 N–H and O–H groups in total. The number of carbonyl (C=O) groups is 1. The maximum absolute atomic E-state index is 14.2. The SMILES string of the molecule is O=C(N[C@H]1CN[C@H](c2nc3cccc(Cl)c3c(=O)n2-c2cc(F)cc(C(F)F)c2)C1)C(F)F. The molecule has 1 aliphatic rings. The largest absolute Gasteiger partial charge is 0.347 e. The van der Waals surface area contributed by atoms with Crippen LogP contribution in [0.1, 0.15) is 30.3 Å². The molecule has 2 atom stereocenters. The first-order chi connectivity index (χ1) is 15.7. The molecule has 0 radical (unpaired) electrons. The average molecular weight is 487 g/mol. The fourth-order valence-electron chi connectivity index (χ4n) is 3.85. The summed E-state index contributed by atoms with van der Waals surface area (Å²) >= 11 is 6.18. The fourth-order valence-corrected chi connectivity index (χ4v) is 4.10. The van der Waals surface area contributed by atoms with Crippen molar-refractivity contribution >= 4 is 28.4 Å². The van der Waals surface area contributed by atoms with Crippen molar-refractivity contribution in [1.29, 1.82) is 0 Å². The Morgan fingerprint density at radius 1 is 1.21 bits per heavy atom. The Hall–Kier alpha value is -3.05. The van der Waals surface area contributed by atoms with Crippen molar-refractivity contribution < 1.29 is 26.7 Å². The fraction of sp³-hybridized carbons (Fsp3) is 0.286. The minimum Gasteiger partial charge on any atom is -0.347 e. The van der Waals surface area contributed by atoms with E-state index < -0.39 is 47.8 Å². The van der Waals surface area contributed by atoms with Crippen molar-refractivity contribution in [3.8, 4) is 5.69 Å². The minimum absolute atomic E-state index is 0.00586. The van der Waals surface area contributed by atoms with Gasteiger partial charge in [0.1, 0.15) is 11.6 Å². The number of nitrogens with zero attached hydrogens (tertiary/aromatic N) is 2. The van der Waals surface area contributed by atoms with Gasteiger partial charge in [-0.15, -0.1) is 0 Å². The number of benzene rings is 2. The van der Waals surface area contributed by atoms with Gasteiger partial charge in [0.25, 0.3) is 17.9 Å². The smallest absolute Gasteiger partial charge is 0.315 e. The molecule has 12 heteroatoms. The maximum atomic E-state index is 14.2. The second-order valence-electron chi connectivity index (χ2n) is 7.49. The van der Waals surface area contributed by atoms with Gasteiger partial charge < -0.3 is 10.6 Å². The quantitative estimate of drug-likeness (QED) is 0.536. The Morgan fingerprint density at radius 3 is 2.67 bits per heavy atom. The standard InChI is InChI=1S/C21H16ClF5N4O2/c22-13-2-1-3-14-16(13)21(33)31(12-5-9(17(24)25)4-10(23)6-12)19(30-14)15-7-11(8-28-15)29-20(32)18(26)27/h1-6,11,15,17-18,28H,7-8H2,(H,29,32)/t11-,15+/m1/s1. The van der Waals surface area contributed by atoms with E-state index in [-0.39, 0.29) is 40.4 Å². The molecule has 1 aliphatic heterocycles. The molecule has 2 aromatic carbocycles. The summed E-state index contributed by atoms with van der Waals surface area (Å²) in [5.74, 6) is -2.39.